The fourth-order valence-electron chi connectivity index (χ4n) is 2.29. The normalized spacial score (nSPS) is 9.95. The van der Waals surface area contributed by atoms with Crippen LogP contribution in [0.2, 0.25) is 0 Å². The van der Waals surface area contributed by atoms with Gasteiger partial charge in [0.1, 0.15) is 0 Å². The molecule has 1 radical (unpaired) electrons. The summed E-state index contributed by atoms with van der Waals surface area (Å²) in [7, 11) is 0. The van der Waals surface area contributed by atoms with E-state index in [1.54, 1.807) is 0 Å². The Morgan fingerprint density at radius 1 is 0.952 bits per heavy atom. The minimum Gasteiger partial charge on any atom is -0.305 e. The summed E-state index contributed by atoms with van der Waals surface area (Å²) in [5.74, 6) is 0. The van der Waals surface area contributed by atoms with E-state index in [4.69, 9.17) is 0 Å². The summed E-state index contributed by atoms with van der Waals surface area (Å²) >= 11 is 0. The van der Waals surface area contributed by atoms with Crippen LogP contribution in [0.1, 0.15) is 12.5 Å². The number of hydrogen-bond acceptors (Lipinski definition) is 1. The van der Waals surface area contributed by atoms with Crippen molar-refractivity contribution < 1.29 is 20.1 Å². The van der Waals surface area contributed by atoms with Gasteiger partial charge in [-0.1, -0.05) is 43.3 Å². The summed E-state index contributed by atoms with van der Waals surface area (Å²) < 4.78 is 0. The van der Waals surface area contributed by atoms with E-state index in [-0.39, 0.29) is 20.1 Å². The number of rotatable bonds is 3. The minimum atomic E-state index is 0. The number of pyridine rings is 1. The minimum absolute atomic E-state index is 0. The maximum Gasteiger partial charge on any atom is 0.0160 e. The number of hydrogen-bond donors (Lipinski definition) is 0. The van der Waals surface area contributed by atoms with Crippen molar-refractivity contribution in [2.75, 3.05) is 0 Å². The molecule has 1 heterocycles. The zero-order chi connectivity index (χ0) is 13.8. The van der Waals surface area contributed by atoms with Gasteiger partial charge in [-0.05, 0) is 29.3 Å². The van der Waals surface area contributed by atoms with Gasteiger partial charge in [-0.2, -0.15) is 0 Å². The van der Waals surface area contributed by atoms with Crippen molar-refractivity contribution in [1.82, 2.24) is 4.98 Å². The van der Waals surface area contributed by atoms with Gasteiger partial charge in [-0.15, -0.1) is 35.4 Å². The standard InChI is InChI=1S/C19H16N.Ir/c1-2-15-7-5-8-16(13-15)17-9-6-10-18(14-17)19-11-3-4-12-20-19;/h3-9,11-14H,2H2,1H3;/q-1;. The Morgan fingerprint density at radius 3 is 2.57 bits per heavy atom. The van der Waals surface area contributed by atoms with Crippen molar-refractivity contribution in [2.24, 2.45) is 0 Å². The molecule has 2 aromatic carbocycles. The van der Waals surface area contributed by atoms with Crippen LogP contribution in [0, 0.1) is 6.07 Å². The number of aromatic nitrogens is 1. The summed E-state index contributed by atoms with van der Waals surface area (Å²) in [6, 6.07) is 24.1. The SMILES string of the molecule is CCc1cccc(-c2cc[c-]c(-c3ccccn3)c2)c1.[Ir]. The monoisotopic (exact) mass is 451 g/mol. The molecule has 0 saturated carbocycles. The fraction of sp³-hybridized carbons (Fsp3) is 0.105. The molecule has 107 valence electrons. The van der Waals surface area contributed by atoms with Crippen molar-refractivity contribution in [3.05, 3.63) is 78.5 Å². The molecule has 0 aliphatic carbocycles. The Balaban J connectivity index is 0.00000161. The largest absolute Gasteiger partial charge is 0.305 e. The predicted octanol–water partition coefficient (Wildman–Crippen LogP) is 4.78. The second kappa shape index (κ2) is 7.31. The number of aryl methyl sites for hydroxylation is 1. The van der Waals surface area contributed by atoms with Gasteiger partial charge in [-0.25, -0.2) is 0 Å². The van der Waals surface area contributed by atoms with Gasteiger partial charge in [0, 0.05) is 26.3 Å². The fourth-order valence-corrected chi connectivity index (χ4v) is 2.29. The third-order valence-corrected chi connectivity index (χ3v) is 3.41. The van der Waals surface area contributed by atoms with Gasteiger partial charge in [0.25, 0.3) is 0 Å². The Kier molecular flexibility index (Phi) is 5.44. The molecule has 0 bridgehead atoms. The van der Waals surface area contributed by atoms with Crippen molar-refractivity contribution in [1.29, 1.82) is 0 Å². The molecular weight excluding hydrogens is 434 g/mol. The van der Waals surface area contributed by atoms with Crippen molar-refractivity contribution in [2.45, 2.75) is 13.3 Å². The summed E-state index contributed by atoms with van der Waals surface area (Å²) in [5, 5.41) is 0. The van der Waals surface area contributed by atoms with E-state index in [1.165, 1.54) is 16.7 Å². The Bertz CT molecular complexity index is 708. The van der Waals surface area contributed by atoms with Crippen LogP contribution in [-0.2, 0) is 26.5 Å². The summed E-state index contributed by atoms with van der Waals surface area (Å²) in [4.78, 5) is 4.39. The van der Waals surface area contributed by atoms with Crippen LogP contribution >= 0.6 is 0 Å². The van der Waals surface area contributed by atoms with Gasteiger partial charge in [0.2, 0.25) is 0 Å². The van der Waals surface area contributed by atoms with Crippen LogP contribution in [0.15, 0.2) is 66.9 Å². The molecule has 0 atom stereocenters. The van der Waals surface area contributed by atoms with Gasteiger partial charge in [0.05, 0.1) is 0 Å². The average molecular weight is 451 g/mol. The van der Waals surface area contributed by atoms with Gasteiger partial charge in [-0.3, -0.25) is 0 Å². The molecule has 1 aromatic heterocycles. The zero-order valence-corrected chi connectivity index (χ0v) is 14.2. The molecule has 3 rings (SSSR count). The molecular formula is C19H16IrN-. The third-order valence-electron chi connectivity index (χ3n) is 3.41. The quantitative estimate of drug-likeness (QED) is 0.524. The Labute approximate surface area is 139 Å². The van der Waals surface area contributed by atoms with Crippen LogP contribution in [0.3, 0.4) is 0 Å². The molecule has 3 aromatic rings. The van der Waals surface area contributed by atoms with Crippen LogP contribution in [-0.4, -0.2) is 4.98 Å². The first-order chi connectivity index (χ1) is 9.86. The molecule has 0 fully saturated rings. The number of nitrogens with zero attached hydrogens (tertiary/aromatic N) is 1. The van der Waals surface area contributed by atoms with Crippen LogP contribution < -0.4 is 0 Å². The molecule has 0 unspecified atom stereocenters. The summed E-state index contributed by atoms with van der Waals surface area (Å²) in [6.07, 6.45) is 2.87. The van der Waals surface area contributed by atoms with E-state index in [0.29, 0.717) is 0 Å². The summed E-state index contributed by atoms with van der Waals surface area (Å²) in [5.41, 5.74) is 5.80. The van der Waals surface area contributed by atoms with Crippen LogP contribution in [0.4, 0.5) is 0 Å². The molecule has 1 nitrogen and oxygen atoms in total. The zero-order valence-electron chi connectivity index (χ0n) is 11.8. The third kappa shape index (κ3) is 3.66. The molecule has 0 amide bonds. The average Bonchev–Trinajstić information content (AvgIpc) is 2.56. The van der Waals surface area contributed by atoms with E-state index in [1.807, 2.05) is 30.5 Å². The predicted molar refractivity (Wildman–Crippen MR) is 83.3 cm³/mol. The molecule has 0 aliphatic rings. The molecule has 0 spiro atoms. The Morgan fingerprint density at radius 2 is 1.81 bits per heavy atom. The van der Waals surface area contributed by atoms with Crippen LogP contribution in [0.5, 0.6) is 0 Å². The van der Waals surface area contributed by atoms with Crippen molar-refractivity contribution in [3.63, 3.8) is 0 Å². The molecule has 0 N–H and O–H groups in total. The topological polar surface area (TPSA) is 12.9 Å². The second-order valence-electron chi connectivity index (χ2n) is 4.76. The first kappa shape index (κ1) is 15.6. The second-order valence-corrected chi connectivity index (χ2v) is 4.76. The van der Waals surface area contributed by atoms with E-state index in [2.05, 4.69) is 54.4 Å². The number of benzene rings is 2. The smallest absolute Gasteiger partial charge is 0.0160 e. The molecule has 0 aliphatic heterocycles. The Hall–Kier alpha value is -1.76. The first-order valence-electron chi connectivity index (χ1n) is 6.89. The van der Waals surface area contributed by atoms with Gasteiger partial charge in [0.15, 0.2) is 0 Å². The van der Waals surface area contributed by atoms with Crippen molar-refractivity contribution in [3.8, 4) is 22.4 Å². The van der Waals surface area contributed by atoms with E-state index < -0.39 is 0 Å². The van der Waals surface area contributed by atoms with E-state index >= 15 is 0 Å². The van der Waals surface area contributed by atoms with Crippen LogP contribution in [0.25, 0.3) is 22.4 Å². The molecule has 21 heavy (non-hydrogen) atoms. The summed E-state index contributed by atoms with van der Waals surface area (Å²) in [6.45, 7) is 2.18. The van der Waals surface area contributed by atoms with Gasteiger partial charge >= 0.3 is 0 Å². The molecule has 0 saturated heterocycles. The maximum atomic E-state index is 4.39. The molecule has 2 heteroatoms. The van der Waals surface area contributed by atoms with E-state index in [0.717, 1.165) is 17.7 Å². The van der Waals surface area contributed by atoms with E-state index in [9.17, 15) is 0 Å². The first-order valence-corrected chi connectivity index (χ1v) is 6.89. The van der Waals surface area contributed by atoms with Gasteiger partial charge < -0.3 is 4.98 Å². The maximum absolute atomic E-state index is 4.39. The van der Waals surface area contributed by atoms with Crippen molar-refractivity contribution >= 4 is 0 Å².